The highest BCUT2D eigenvalue weighted by atomic mass is 16.4. The van der Waals surface area contributed by atoms with Gasteiger partial charge in [-0.05, 0) is 49.8 Å². The number of hydrogen-bond donors (Lipinski definition) is 2. The maximum atomic E-state index is 9.19. The van der Waals surface area contributed by atoms with Gasteiger partial charge in [0.2, 0.25) is 0 Å². The number of aryl methyl sites for hydroxylation is 1. The second kappa shape index (κ2) is 5.21. The minimum Gasteiger partial charge on any atom is -0.423 e. The normalized spacial score (nSPS) is 20.8. The van der Waals surface area contributed by atoms with Crippen LogP contribution in [0.1, 0.15) is 30.9 Å². The Bertz CT molecular complexity index is 395. The van der Waals surface area contributed by atoms with Crippen LogP contribution in [0.2, 0.25) is 0 Å². The zero-order valence-electron chi connectivity index (χ0n) is 10.6. The largest absolute Gasteiger partial charge is 0.488 e. The zero-order chi connectivity index (χ0) is 12.4. The lowest BCUT2D eigenvalue weighted by molar-refractivity contribution is 0.260. The fraction of sp³-hybridized carbons (Fsp3) is 0.538. The Balaban J connectivity index is 2.16. The Morgan fingerprint density at radius 2 is 2.18 bits per heavy atom. The summed E-state index contributed by atoms with van der Waals surface area (Å²) in [5, 5.41) is 18.4. The van der Waals surface area contributed by atoms with Gasteiger partial charge in [0.05, 0.1) is 0 Å². The molecular weight excluding hydrogens is 213 g/mol. The Hall–Kier alpha value is -0.835. The van der Waals surface area contributed by atoms with Gasteiger partial charge in [-0.15, -0.1) is 0 Å². The van der Waals surface area contributed by atoms with Crippen LogP contribution in [0.4, 0.5) is 0 Å². The van der Waals surface area contributed by atoms with Crippen molar-refractivity contribution in [1.29, 1.82) is 0 Å². The molecule has 0 aliphatic carbocycles. The van der Waals surface area contributed by atoms with E-state index >= 15 is 0 Å². The van der Waals surface area contributed by atoms with E-state index in [1.807, 2.05) is 12.1 Å². The number of nitrogens with zero attached hydrogens (tertiary/aromatic N) is 1. The summed E-state index contributed by atoms with van der Waals surface area (Å²) in [6.45, 7) is 6.39. The molecule has 17 heavy (non-hydrogen) atoms. The highest BCUT2D eigenvalue weighted by Crippen LogP contribution is 2.20. The van der Waals surface area contributed by atoms with Gasteiger partial charge in [-0.1, -0.05) is 18.2 Å². The summed E-state index contributed by atoms with van der Waals surface area (Å²) in [4.78, 5) is 2.45. The van der Waals surface area contributed by atoms with Crippen LogP contribution in [-0.4, -0.2) is 34.7 Å². The average molecular weight is 233 g/mol. The van der Waals surface area contributed by atoms with Crippen molar-refractivity contribution in [1.82, 2.24) is 4.90 Å². The van der Waals surface area contributed by atoms with Crippen molar-refractivity contribution < 1.29 is 10.0 Å². The lowest BCUT2D eigenvalue weighted by Crippen LogP contribution is -2.32. The van der Waals surface area contributed by atoms with Gasteiger partial charge in [0.25, 0.3) is 0 Å². The average Bonchev–Trinajstić information content (AvgIpc) is 2.67. The van der Waals surface area contributed by atoms with Gasteiger partial charge < -0.3 is 10.0 Å². The monoisotopic (exact) mass is 233 g/mol. The Morgan fingerprint density at radius 3 is 2.76 bits per heavy atom. The predicted octanol–water partition coefficient (Wildman–Crippen LogP) is 0.659. The number of hydrogen-bond acceptors (Lipinski definition) is 3. The molecule has 0 amide bonds. The molecule has 3 nitrogen and oxygen atoms in total. The van der Waals surface area contributed by atoms with Crippen molar-refractivity contribution >= 4 is 12.6 Å². The van der Waals surface area contributed by atoms with Crippen molar-refractivity contribution in [3.05, 3.63) is 29.3 Å². The number of rotatable bonds is 3. The highest BCUT2D eigenvalue weighted by molar-refractivity contribution is 6.58. The minimum absolute atomic E-state index is 0.581. The standard InChI is InChI=1S/C13H20BNO2/c1-10-5-6-13(14(16)17)8-12(10)9-15-7-3-4-11(15)2/h5-6,8,11,16-17H,3-4,7,9H2,1-2H3. The molecule has 1 aliphatic heterocycles. The molecule has 0 saturated carbocycles. The Morgan fingerprint density at radius 1 is 1.41 bits per heavy atom. The molecule has 1 heterocycles. The molecule has 1 saturated heterocycles. The van der Waals surface area contributed by atoms with Crippen molar-refractivity contribution in [3.8, 4) is 0 Å². The zero-order valence-corrected chi connectivity index (χ0v) is 10.6. The van der Waals surface area contributed by atoms with Crippen molar-refractivity contribution in [3.63, 3.8) is 0 Å². The van der Waals surface area contributed by atoms with E-state index in [4.69, 9.17) is 0 Å². The lowest BCUT2D eigenvalue weighted by atomic mass is 9.79. The molecule has 1 aromatic rings. The van der Waals surface area contributed by atoms with Gasteiger partial charge in [-0.3, -0.25) is 4.90 Å². The second-order valence-electron chi connectivity index (χ2n) is 5.02. The van der Waals surface area contributed by atoms with Crippen LogP contribution in [0.15, 0.2) is 18.2 Å². The first kappa shape index (κ1) is 12.6. The molecule has 1 atom stereocenters. The second-order valence-corrected chi connectivity index (χ2v) is 5.02. The summed E-state index contributed by atoms with van der Waals surface area (Å²) in [5.74, 6) is 0. The Kier molecular flexibility index (Phi) is 3.87. The lowest BCUT2D eigenvalue weighted by Gasteiger charge is -2.22. The van der Waals surface area contributed by atoms with Crippen molar-refractivity contribution in [2.45, 2.75) is 39.3 Å². The summed E-state index contributed by atoms with van der Waals surface area (Å²) < 4.78 is 0. The predicted molar refractivity (Wildman–Crippen MR) is 70.1 cm³/mol. The van der Waals surface area contributed by atoms with E-state index in [0.717, 1.165) is 13.1 Å². The van der Waals surface area contributed by atoms with Gasteiger partial charge in [0, 0.05) is 12.6 Å². The van der Waals surface area contributed by atoms with E-state index < -0.39 is 7.12 Å². The molecule has 0 aromatic heterocycles. The van der Waals surface area contributed by atoms with E-state index in [1.54, 1.807) is 6.07 Å². The molecule has 1 aliphatic rings. The SMILES string of the molecule is Cc1ccc(B(O)O)cc1CN1CCCC1C. The van der Waals surface area contributed by atoms with Crippen molar-refractivity contribution in [2.24, 2.45) is 0 Å². The number of benzene rings is 1. The molecule has 2 rings (SSSR count). The number of likely N-dealkylation sites (tertiary alicyclic amines) is 1. The third-order valence-electron chi connectivity index (χ3n) is 3.74. The third kappa shape index (κ3) is 2.89. The van der Waals surface area contributed by atoms with E-state index in [-0.39, 0.29) is 0 Å². The molecule has 92 valence electrons. The van der Waals surface area contributed by atoms with Gasteiger partial charge in [0.15, 0.2) is 0 Å². The van der Waals surface area contributed by atoms with Crippen LogP contribution in [0.5, 0.6) is 0 Å². The van der Waals surface area contributed by atoms with Gasteiger partial charge in [-0.2, -0.15) is 0 Å². The maximum absolute atomic E-state index is 9.19. The van der Waals surface area contributed by atoms with Crippen LogP contribution in [0.25, 0.3) is 0 Å². The quantitative estimate of drug-likeness (QED) is 0.754. The molecule has 1 fully saturated rings. The summed E-state index contributed by atoms with van der Waals surface area (Å²) in [5.41, 5.74) is 3.00. The van der Waals surface area contributed by atoms with E-state index in [1.165, 1.54) is 24.0 Å². The summed E-state index contributed by atoms with van der Waals surface area (Å²) in [7, 11) is -1.37. The van der Waals surface area contributed by atoms with Crippen LogP contribution in [0, 0.1) is 6.92 Å². The molecule has 2 N–H and O–H groups in total. The van der Waals surface area contributed by atoms with Crippen LogP contribution in [0.3, 0.4) is 0 Å². The molecule has 0 spiro atoms. The summed E-state index contributed by atoms with van der Waals surface area (Å²) >= 11 is 0. The van der Waals surface area contributed by atoms with Crippen LogP contribution >= 0.6 is 0 Å². The Labute approximate surface area is 103 Å². The molecule has 1 aromatic carbocycles. The molecule has 0 radical (unpaired) electrons. The summed E-state index contributed by atoms with van der Waals surface area (Å²) in [6.07, 6.45) is 2.53. The first-order chi connectivity index (χ1) is 8.08. The molecule has 1 unspecified atom stereocenters. The smallest absolute Gasteiger partial charge is 0.423 e. The van der Waals surface area contributed by atoms with Gasteiger partial charge >= 0.3 is 7.12 Å². The maximum Gasteiger partial charge on any atom is 0.488 e. The topological polar surface area (TPSA) is 43.7 Å². The van der Waals surface area contributed by atoms with Gasteiger partial charge in [0.1, 0.15) is 0 Å². The van der Waals surface area contributed by atoms with Gasteiger partial charge in [-0.25, -0.2) is 0 Å². The molecule has 4 heteroatoms. The van der Waals surface area contributed by atoms with Crippen LogP contribution < -0.4 is 5.46 Å². The minimum atomic E-state index is -1.37. The van der Waals surface area contributed by atoms with E-state index in [9.17, 15) is 10.0 Å². The summed E-state index contributed by atoms with van der Waals surface area (Å²) in [6, 6.07) is 6.28. The third-order valence-corrected chi connectivity index (χ3v) is 3.74. The van der Waals surface area contributed by atoms with E-state index in [2.05, 4.69) is 18.7 Å². The molecular formula is C13H20BNO2. The molecule has 0 bridgehead atoms. The fourth-order valence-corrected chi connectivity index (χ4v) is 2.47. The first-order valence-electron chi connectivity index (χ1n) is 6.27. The fourth-order valence-electron chi connectivity index (χ4n) is 2.47. The van der Waals surface area contributed by atoms with Crippen LogP contribution in [-0.2, 0) is 6.54 Å². The van der Waals surface area contributed by atoms with Crippen molar-refractivity contribution in [2.75, 3.05) is 6.54 Å². The first-order valence-corrected chi connectivity index (χ1v) is 6.27. The highest BCUT2D eigenvalue weighted by Gasteiger charge is 2.21. The van der Waals surface area contributed by atoms with E-state index in [0.29, 0.717) is 11.5 Å².